The van der Waals surface area contributed by atoms with Crippen LogP contribution in [0, 0.1) is 13.8 Å². The molecule has 1 fully saturated rings. The second-order valence-electron chi connectivity index (χ2n) is 5.75. The van der Waals surface area contributed by atoms with Gasteiger partial charge in [0.05, 0.1) is 12.6 Å². The average Bonchev–Trinajstić information content (AvgIpc) is 2.92. The van der Waals surface area contributed by atoms with E-state index in [0.29, 0.717) is 19.0 Å². The van der Waals surface area contributed by atoms with Crippen molar-refractivity contribution < 1.29 is 9.15 Å². The number of aromatic nitrogens is 2. The van der Waals surface area contributed by atoms with Crippen molar-refractivity contribution in [3.63, 3.8) is 0 Å². The average molecular weight is 303 g/mol. The fourth-order valence-corrected chi connectivity index (χ4v) is 2.79. The molecule has 2 atom stereocenters. The number of aromatic amines is 1. The molecule has 2 aromatic rings. The topological polar surface area (TPSA) is 71.4 Å². The molecule has 6 nitrogen and oxygen atoms in total. The highest BCUT2D eigenvalue weighted by Crippen LogP contribution is 2.28. The first-order valence-electron chi connectivity index (χ1n) is 7.53. The summed E-state index contributed by atoms with van der Waals surface area (Å²) in [7, 11) is 0. The summed E-state index contributed by atoms with van der Waals surface area (Å²) in [6.07, 6.45) is -0.0820. The number of furan rings is 1. The van der Waals surface area contributed by atoms with E-state index in [1.165, 1.54) is 6.07 Å². The zero-order valence-electron chi connectivity index (χ0n) is 13.1. The van der Waals surface area contributed by atoms with Crippen molar-refractivity contribution in [1.82, 2.24) is 14.9 Å². The lowest BCUT2D eigenvalue weighted by atomic mass is 10.1. The van der Waals surface area contributed by atoms with E-state index in [2.05, 4.69) is 14.9 Å². The molecule has 2 aromatic heterocycles. The normalized spacial score (nSPS) is 21.0. The van der Waals surface area contributed by atoms with E-state index < -0.39 is 0 Å². The van der Waals surface area contributed by atoms with Crippen LogP contribution in [0.4, 0.5) is 0 Å². The number of morpholine rings is 1. The van der Waals surface area contributed by atoms with Gasteiger partial charge in [-0.2, -0.15) is 0 Å². The van der Waals surface area contributed by atoms with Gasteiger partial charge in [-0.15, -0.1) is 0 Å². The molecule has 0 amide bonds. The predicted molar refractivity (Wildman–Crippen MR) is 81.7 cm³/mol. The van der Waals surface area contributed by atoms with E-state index in [-0.39, 0.29) is 17.7 Å². The van der Waals surface area contributed by atoms with Gasteiger partial charge in [0.2, 0.25) is 0 Å². The Hall–Kier alpha value is -1.92. The van der Waals surface area contributed by atoms with Crippen LogP contribution in [0.5, 0.6) is 0 Å². The maximum absolute atomic E-state index is 11.6. The molecule has 1 aliphatic rings. The van der Waals surface area contributed by atoms with Crippen LogP contribution in [0.25, 0.3) is 0 Å². The molecule has 0 unspecified atom stereocenters. The zero-order valence-corrected chi connectivity index (χ0v) is 13.1. The molecule has 6 heteroatoms. The van der Waals surface area contributed by atoms with Crippen molar-refractivity contribution in [2.45, 2.75) is 32.9 Å². The number of ether oxygens (including phenoxy) is 1. The van der Waals surface area contributed by atoms with Crippen molar-refractivity contribution in [2.75, 3.05) is 19.7 Å². The monoisotopic (exact) mass is 303 g/mol. The lowest BCUT2D eigenvalue weighted by Gasteiger charge is -2.35. The summed E-state index contributed by atoms with van der Waals surface area (Å²) in [6, 6.07) is 5.43. The Morgan fingerprint density at radius 1 is 1.41 bits per heavy atom. The van der Waals surface area contributed by atoms with Crippen molar-refractivity contribution in [3.8, 4) is 0 Å². The smallest absolute Gasteiger partial charge is 0.251 e. The van der Waals surface area contributed by atoms with Gasteiger partial charge in [-0.3, -0.25) is 9.69 Å². The Morgan fingerprint density at radius 3 is 2.91 bits per heavy atom. The van der Waals surface area contributed by atoms with Crippen LogP contribution in [0.2, 0.25) is 0 Å². The predicted octanol–water partition coefficient (Wildman–Crippen LogP) is 2.11. The number of aryl methyl sites for hydroxylation is 2. The lowest BCUT2D eigenvalue weighted by Crippen LogP contribution is -2.40. The second kappa shape index (κ2) is 6.06. The van der Waals surface area contributed by atoms with Gasteiger partial charge in [-0.1, -0.05) is 0 Å². The van der Waals surface area contributed by atoms with Crippen molar-refractivity contribution in [2.24, 2.45) is 0 Å². The quantitative estimate of drug-likeness (QED) is 0.940. The summed E-state index contributed by atoms with van der Waals surface area (Å²) in [5, 5.41) is 0. The van der Waals surface area contributed by atoms with Crippen LogP contribution in [0.3, 0.4) is 0 Å². The minimum absolute atomic E-state index is 0.0232. The largest absolute Gasteiger partial charge is 0.464 e. The zero-order chi connectivity index (χ0) is 15.7. The van der Waals surface area contributed by atoms with E-state index in [1.807, 2.05) is 32.9 Å². The van der Waals surface area contributed by atoms with Crippen molar-refractivity contribution in [3.05, 3.63) is 51.6 Å². The molecule has 1 N–H and O–H groups in total. The van der Waals surface area contributed by atoms with Crippen LogP contribution in [-0.4, -0.2) is 34.6 Å². The van der Waals surface area contributed by atoms with Gasteiger partial charge in [-0.25, -0.2) is 4.98 Å². The molecule has 1 saturated heterocycles. The lowest BCUT2D eigenvalue weighted by molar-refractivity contribution is -0.0535. The molecule has 1 aliphatic heterocycles. The first-order chi connectivity index (χ1) is 10.5. The van der Waals surface area contributed by atoms with E-state index >= 15 is 0 Å². The molecule has 3 rings (SSSR count). The van der Waals surface area contributed by atoms with E-state index in [0.717, 1.165) is 23.8 Å². The fraction of sp³-hybridized carbons (Fsp3) is 0.500. The van der Waals surface area contributed by atoms with Crippen LogP contribution < -0.4 is 5.56 Å². The van der Waals surface area contributed by atoms with Gasteiger partial charge in [-0.05, 0) is 32.9 Å². The Labute approximate surface area is 129 Å². The van der Waals surface area contributed by atoms with Crippen LogP contribution in [-0.2, 0) is 4.74 Å². The third kappa shape index (κ3) is 3.13. The Kier molecular flexibility index (Phi) is 4.13. The Morgan fingerprint density at radius 2 is 2.23 bits per heavy atom. The standard InChI is InChI=1S/C16H21N3O3/c1-10-8-15(20)18-16(17-10)12(3)19-6-7-21-14(9-19)13-5-4-11(2)22-13/h4-5,8,12,14H,6-7,9H2,1-3H3,(H,17,18,20)/t12-,14-/m1/s1. The number of H-pyrrole nitrogens is 1. The molecule has 0 spiro atoms. The summed E-state index contributed by atoms with van der Waals surface area (Å²) in [4.78, 5) is 21.2. The molecule has 22 heavy (non-hydrogen) atoms. The number of hydrogen-bond donors (Lipinski definition) is 1. The second-order valence-corrected chi connectivity index (χ2v) is 5.75. The number of hydrogen-bond acceptors (Lipinski definition) is 5. The Balaban J connectivity index is 1.77. The highest BCUT2D eigenvalue weighted by Gasteiger charge is 2.28. The summed E-state index contributed by atoms with van der Waals surface area (Å²) < 4.78 is 11.5. The molecule has 0 bridgehead atoms. The number of nitrogens with zero attached hydrogens (tertiary/aromatic N) is 2. The SMILES string of the molecule is Cc1cc(=O)[nH]c([C@@H](C)N2CCO[C@@H](c3ccc(C)o3)C2)n1. The summed E-state index contributed by atoms with van der Waals surface area (Å²) in [6.45, 7) is 7.95. The first kappa shape index (κ1) is 15.0. The molecular weight excluding hydrogens is 282 g/mol. The minimum atomic E-state index is -0.110. The number of rotatable bonds is 3. The summed E-state index contributed by atoms with van der Waals surface area (Å²) >= 11 is 0. The molecule has 0 saturated carbocycles. The maximum Gasteiger partial charge on any atom is 0.251 e. The van der Waals surface area contributed by atoms with Crippen molar-refractivity contribution in [1.29, 1.82) is 0 Å². The van der Waals surface area contributed by atoms with Gasteiger partial charge in [0.15, 0.2) is 0 Å². The van der Waals surface area contributed by atoms with Gasteiger partial charge in [0, 0.05) is 24.8 Å². The first-order valence-corrected chi connectivity index (χ1v) is 7.53. The minimum Gasteiger partial charge on any atom is -0.464 e. The summed E-state index contributed by atoms with van der Waals surface area (Å²) in [5.74, 6) is 2.43. The van der Waals surface area contributed by atoms with Gasteiger partial charge in [0.1, 0.15) is 23.4 Å². The van der Waals surface area contributed by atoms with Gasteiger partial charge in [0.25, 0.3) is 5.56 Å². The van der Waals surface area contributed by atoms with Crippen LogP contribution in [0.1, 0.15) is 42.1 Å². The summed E-state index contributed by atoms with van der Waals surface area (Å²) in [5.41, 5.74) is 0.623. The fourth-order valence-electron chi connectivity index (χ4n) is 2.79. The third-order valence-corrected chi connectivity index (χ3v) is 4.01. The van der Waals surface area contributed by atoms with Crippen molar-refractivity contribution >= 4 is 0 Å². The van der Waals surface area contributed by atoms with Crippen LogP contribution >= 0.6 is 0 Å². The molecule has 0 radical (unpaired) electrons. The van der Waals surface area contributed by atoms with E-state index in [4.69, 9.17) is 9.15 Å². The van der Waals surface area contributed by atoms with Crippen LogP contribution in [0.15, 0.2) is 27.4 Å². The van der Waals surface area contributed by atoms with E-state index in [1.54, 1.807) is 0 Å². The highest BCUT2D eigenvalue weighted by atomic mass is 16.5. The molecule has 0 aromatic carbocycles. The molecular formula is C16H21N3O3. The molecule has 118 valence electrons. The third-order valence-electron chi connectivity index (χ3n) is 4.01. The van der Waals surface area contributed by atoms with Gasteiger partial charge < -0.3 is 14.1 Å². The number of nitrogens with one attached hydrogen (secondary N) is 1. The van der Waals surface area contributed by atoms with Gasteiger partial charge >= 0.3 is 0 Å². The maximum atomic E-state index is 11.6. The molecule has 3 heterocycles. The highest BCUT2D eigenvalue weighted by molar-refractivity contribution is 5.10. The van der Waals surface area contributed by atoms with E-state index in [9.17, 15) is 4.79 Å². The Bertz CT molecular complexity index is 707. The molecule has 0 aliphatic carbocycles.